The Balaban J connectivity index is 2.31. The van der Waals surface area contributed by atoms with E-state index >= 15 is 0 Å². The van der Waals surface area contributed by atoms with E-state index in [2.05, 4.69) is 9.97 Å². The van der Waals surface area contributed by atoms with Crippen molar-refractivity contribution in [2.45, 2.75) is 0 Å². The molecule has 0 aliphatic heterocycles. The number of hydrogen-bond acceptors (Lipinski definition) is 5. The molecule has 0 amide bonds. The van der Waals surface area contributed by atoms with Crippen LogP contribution in [0.1, 0.15) is 0 Å². The number of benzene rings is 1. The first-order valence-corrected chi connectivity index (χ1v) is 5.18. The minimum atomic E-state index is 0.0578. The van der Waals surface area contributed by atoms with Crippen LogP contribution in [0.2, 0.25) is 5.15 Å². The van der Waals surface area contributed by atoms with E-state index in [0.717, 1.165) is 0 Å². The topological polar surface area (TPSA) is 70.3 Å². The number of halogens is 1. The molecule has 1 heterocycles. The van der Waals surface area contributed by atoms with Gasteiger partial charge in [-0.05, 0) is 12.1 Å². The molecule has 0 aliphatic rings. The fourth-order valence-corrected chi connectivity index (χ4v) is 1.46. The van der Waals surface area contributed by atoms with Crippen LogP contribution in [0.5, 0.6) is 17.4 Å². The normalized spacial score (nSPS) is 10.0. The number of hydrogen-bond donors (Lipinski definition) is 1. The van der Waals surface area contributed by atoms with Gasteiger partial charge in [0.25, 0.3) is 0 Å². The molecule has 2 rings (SSSR count). The van der Waals surface area contributed by atoms with Gasteiger partial charge in [0.1, 0.15) is 5.15 Å². The molecule has 0 saturated heterocycles. The Hall–Kier alpha value is -2.01. The van der Waals surface area contributed by atoms with Crippen LogP contribution in [0.15, 0.2) is 30.3 Å². The summed E-state index contributed by atoms with van der Waals surface area (Å²) in [6.07, 6.45) is 0. The van der Waals surface area contributed by atoms with Crippen molar-refractivity contribution in [2.75, 3.05) is 12.8 Å². The number of nitrogen functional groups attached to an aromatic ring is 1. The van der Waals surface area contributed by atoms with Gasteiger partial charge in [-0.1, -0.05) is 23.7 Å². The summed E-state index contributed by atoms with van der Waals surface area (Å²) in [4.78, 5) is 7.65. The van der Waals surface area contributed by atoms with E-state index in [1.165, 1.54) is 6.07 Å². The van der Waals surface area contributed by atoms with Gasteiger partial charge in [0, 0.05) is 6.07 Å². The Morgan fingerprint density at radius 1 is 1.18 bits per heavy atom. The molecule has 0 atom stereocenters. The van der Waals surface area contributed by atoms with Crippen molar-refractivity contribution in [2.24, 2.45) is 0 Å². The smallest absolute Gasteiger partial charge is 0.225 e. The third-order valence-corrected chi connectivity index (χ3v) is 2.17. The number of nitrogens with zero attached hydrogens (tertiary/aromatic N) is 2. The van der Waals surface area contributed by atoms with Gasteiger partial charge in [-0.3, -0.25) is 0 Å². The van der Waals surface area contributed by atoms with Crippen molar-refractivity contribution in [3.8, 4) is 17.4 Å². The first kappa shape index (κ1) is 11.5. The number of ether oxygens (including phenoxy) is 2. The van der Waals surface area contributed by atoms with E-state index in [-0.39, 0.29) is 17.0 Å². The zero-order valence-electron chi connectivity index (χ0n) is 9.05. The average molecular weight is 252 g/mol. The van der Waals surface area contributed by atoms with Gasteiger partial charge in [-0.15, -0.1) is 0 Å². The third kappa shape index (κ3) is 2.76. The zero-order chi connectivity index (χ0) is 12.3. The lowest BCUT2D eigenvalue weighted by atomic mass is 10.3. The highest BCUT2D eigenvalue weighted by atomic mass is 35.5. The lowest BCUT2D eigenvalue weighted by molar-refractivity contribution is 0.374. The Kier molecular flexibility index (Phi) is 3.30. The summed E-state index contributed by atoms with van der Waals surface area (Å²) in [5, 5.41) is 0.224. The second-order valence-corrected chi connectivity index (χ2v) is 3.53. The maximum absolute atomic E-state index is 5.75. The standard InChI is InChI=1S/C11H10ClN3O2/c1-16-7-4-2-3-5-8(7)17-10-6-9(12)14-11(13)15-10/h2-6H,1H3,(H2,13,14,15). The van der Waals surface area contributed by atoms with E-state index in [4.69, 9.17) is 26.8 Å². The van der Waals surface area contributed by atoms with Crippen molar-refractivity contribution in [1.29, 1.82) is 0 Å². The van der Waals surface area contributed by atoms with Crippen LogP contribution in [-0.2, 0) is 0 Å². The highest BCUT2D eigenvalue weighted by Crippen LogP contribution is 2.30. The Bertz CT molecular complexity index is 514. The molecule has 2 aromatic rings. The van der Waals surface area contributed by atoms with Crippen molar-refractivity contribution >= 4 is 17.5 Å². The molecular formula is C11H10ClN3O2. The molecule has 1 aromatic heterocycles. The van der Waals surface area contributed by atoms with E-state index in [1.807, 2.05) is 12.1 Å². The molecule has 6 heteroatoms. The highest BCUT2D eigenvalue weighted by Gasteiger charge is 2.07. The van der Waals surface area contributed by atoms with Crippen LogP contribution in [0.4, 0.5) is 5.95 Å². The van der Waals surface area contributed by atoms with Gasteiger partial charge in [0.2, 0.25) is 11.8 Å². The van der Waals surface area contributed by atoms with Crippen LogP contribution in [-0.4, -0.2) is 17.1 Å². The van der Waals surface area contributed by atoms with Gasteiger partial charge in [-0.25, -0.2) is 4.98 Å². The molecule has 2 N–H and O–H groups in total. The summed E-state index contributed by atoms with van der Waals surface area (Å²) in [6.45, 7) is 0. The molecule has 88 valence electrons. The molecule has 0 bridgehead atoms. The van der Waals surface area contributed by atoms with E-state index in [1.54, 1.807) is 19.2 Å². The van der Waals surface area contributed by atoms with Crippen molar-refractivity contribution < 1.29 is 9.47 Å². The zero-order valence-corrected chi connectivity index (χ0v) is 9.81. The first-order valence-electron chi connectivity index (χ1n) is 4.80. The minimum absolute atomic E-state index is 0.0578. The summed E-state index contributed by atoms with van der Waals surface area (Å²) in [5.74, 6) is 1.46. The van der Waals surface area contributed by atoms with E-state index in [0.29, 0.717) is 11.5 Å². The van der Waals surface area contributed by atoms with E-state index in [9.17, 15) is 0 Å². The lowest BCUT2D eigenvalue weighted by Crippen LogP contribution is -1.98. The lowest BCUT2D eigenvalue weighted by Gasteiger charge is -2.09. The van der Waals surface area contributed by atoms with Gasteiger partial charge >= 0.3 is 0 Å². The SMILES string of the molecule is COc1ccccc1Oc1cc(Cl)nc(N)n1. The monoisotopic (exact) mass is 251 g/mol. The van der Waals surface area contributed by atoms with Crippen molar-refractivity contribution in [3.63, 3.8) is 0 Å². The summed E-state index contributed by atoms with van der Waals surface area (Å²) in [7, 11) is 1.56. The summed E-state index contributed by atoms with van der Waals surface area (Å²) in [6, 6.07) is 8.67. The number of anilines is 1. The molecule has 0 aliphatic carbocycles. The molecule has 5 nitrogen and oxygen atoms in total. The van der Waals surface area contributed by atoms with Crippen LogP contribution in [0.3, 0.4) is 0 Å². The maximum atomic E-state index is 5.75. The Labute approximate surface area is 103 Å². The largest absolute Gasteiger partial charge is 0.493 e. The van der Waals surface area contributed by atoms with Crippen LogP contribution in [0.25, 0.3) is 0 Å². The number of rotatable bonds is 3. The molecule has 0 unspecified atom stereocenters. The summed E-state index contributed by atoms with van der Waals surface area (Å²) >= 11 is 5.75. The van der Waals surface area contributed by atoms with Crippen LogP contribution >= 0.6 is 11.6 Å². The molecule has 1 aromatic carbocycles. The number of nitrogens with two attached hydrogens (primary N) is 1. The molecule has 0 spiro atoms. The predicted octanol–water partition coefficient (Wildman–Crippen LogP) is 2.51. The quantitative estimate of drug-likeness (QED) is 0.849. The maximum Gasteiger partial charge on any atom is 0.225 e. The second-order valence-electron chi connectivity index (χ2n) is 3.14. The third-order valence-electron chi connectivity index (χ3n) is 1.97. The minimum Gasteiger partial charge on any atom is -0.493 e. The van der Waals surface area contributed by atoms with Crippen LogP contribution < -0.4 is 15.2 Å². The summed E-state index contributed by atoms with van der Waals surface area (Å²) < 4.78 is 10.7. The van der Waals surface area contributed by atoms with Crippen LogP contribution in [0, 0.1) is 0 Å². The van der Waals surface area contributed by atoms with Gasteiger partial charge < -0.3 is 15.2 Å². The molecule has 17 heavy (non-hydrogen) atoms. The highest BCUT2D eigenvalue weighted by molar-refractivity contribution is 6.29. The molecule has 0 saturated carbocycles. The molecule has 0 radical (unpaired) electrons. The van der Waals surface area contributed by atoms with Crippen molar-refractivity contribution in [1.82, 2.24) is 9.97 Å². The van der Waals surface area contributed by atoms with Gasteiger partial charge in [0.05, 0.1) is 7.11 Å². The number of methoxy groups -OCH3 is 1. The van der Waals surface area contributed by atoms with Gasteiger partial charge in [0.15, 0.2) is 11.5 Å². The fraction of sp³-hybridized carbons (Fsp3) is 0.0909. The first-order chi connectivity index (χ1) is 8.19. The number of para-hydroxylation sites is 2. The number of aromatic nitrogens is 2. The Morgan fingerprint density at radius 2 is 1.88 bits per heavy atom. The van der Waals surface area contributed by atoms with E-state index < -0.39 is 0 Å². The van der Waals surface area contributed by atoms with Crippen molar-refractivity contribution in [3.05, 3.63) is 35.5 Å². The van der Waals surface area contributed by atoms with Gasteiger partial charge in [-0.2, -0.15) is 4.98 Å². The fourth-order valence-electron chi connectivity index (χ4n) is 1.28. The second kappa shape index (κ2) is 4.88. The molecular weight excluding hydrogens is 242 g/mol. The predicted molar refractivity (Wildman–Crippen MR) is 64.5 cm³/mol. The molecule has 0 fully saturated rings. The average Bonchev–Trinajstić information content (AvgIpc) is 2.28. The summed E-state index contributed by atoms with van der Waals surface area (Å²) in [5.41, 5.74) is 5.47. The Morgan fingerprint density at radius 3 is 2.53 bits per heavy atom.